The highest BCUT2D eigenvalue weighted by molar-refractivity contribution is 9.10. The van der Waals surface area contributed by atoms with Crippen LogP contribution >= 0.6 is 15.9 Å². The second-order valence-electron chi connectivity index (χ2n) is 4.18. The number of hydrazine groups is 1. The van der Waals surface area contributed by atoms with E-state index < -0.39 is 0 Å². The lowest BCUT2D eigenvalue weighted by atomic mass is 10.1. The van der Waals surface area contributed by atoms with Gasteiger partial charge in [-0.15, -0.1) is 0 Å². The van der Waals surface area contributed by atoms with Gasteiger partial charge in [-0.05, 0) is 42.7 Å². The maximum Gasteiger partial charge on any atom is 0.143 e. The number of pyridine rings is 1. The Morgan fingerprint density at radius 2 is 2.12 bits per heavy atom. The largest absolute Gasteiger partial charge is 0.308 e. The van der Waals surface area contributed by atoms with Gasteiger partial charge in [0.15, 0.2) is 0 Å². The predicted molar refractivity (Wildman–Crippen MR) is 76.0 cm³/mol. The van der Waals surface area contributed by atoms with E-state index in [4.69, 9.17) is 5.84 Å². The summed E-state index contributed by atoms with van der Waals surface area (Å²) in [7, 11) is 0. The number of aryl methyl sites for hydroxylation is 2. The number of hydrogen-bond acceptors (Lipinski definition) is 3. The Hall–Kier alpha value is -1.13. The highest BCUT2D eigenvalue weighted by atomic mass is 79.9. The van der Waals surface area contributed by atoms with Crippen molar-refractivity contribution in [2.24, 2.45) is 5.84 Å². The first-order valence-corrected chi connectivity index (χ1v) is 6.51. The monoisotopic (exact) mass is 293 g/mol. The summed E-state index contributed by atoms with van der Waals surface area (Å²) in [4.78, 5) is 4.60. The van der Waals surface area contributed by atoms with Crippen molar-refractivity contribution in [2.75, 3.05) is 5.43 Å². The van der Waals surface area contributed by atoms with E-state index in [2.05, 4.69) is 58.4 Å². The molecule has 2 aromatic rings. The van der Waals surface area contributed by atoms with Gasteiger partial charge in [0.05, 0.1) is 5.52 Å². The van der Waals surface area contributed by atoms with E-state index in [-0.39, 0.29) is 0 Å². The smallest absolute Gasteiger partial charge is 0.143 e. The minimum Gasteiger partial charge on any atom is -0.308 e. The zero-order valence-electron chi connectivity index (χ0n) is 10.0. The topological polar surface area (TPSA) is 50.9 Å². The molecule has 0 aliphatic rings. The minimum atomic E-state index is 0.782. The molecule has 2 rings (SSSR count). The van der Waals surface area contributed by atoms with Crippen LogP contribution < -0.4 is 11.3 Å². The highest BCUT2D eigenvalue weighted by Crippen LogP contribution is 2.26. The molecule has 0 aliphatic carbocycles. The Bertz CT molecular complexity index is 552. The summed E-state index contributed by atoms with van der Waals surface area (Å²) < 4.78 is 1.08. The Labute approximate surface area is 110 Å². The zero-order chi connectivity index (χ0) is 12.4. The molecule has 1 aromatic heterocycles. The van der Waals surface area contributed by atoms with Crippen molar-refractivity contribution in [1.82, 2.24) is 4.98 Å². The Morgan fingerprint density at radius 3 is 2.76 bits per heavy atom. The Kier molecular flexibility index (Phi) is 3.64. The van der Waals surface area contributed by atoms with E-state index >= 15 is 0 Å². The summed E-state index contributed by atoms with van der Waals surface area (Å²) in [5, 5.41) is 1.15. The lowest BCUT2D eigenvalue weighted by Gasteiger charge is -2.11. The zero-order valence-corrected chi connectivity index (χ0v) is 11.6. The lowest BCUT2D eigenvalue weighted by molar-refractivity contribution is 0.917. The fourth-order valence-corrected chi connectivity index (χ4v) is 2.64. The summed E-state index contributed by atoms with van der Waals surface area (Å²) in [5.74, 6) is 6.31. The molecule has 0 amide bonds. The molecular formula is C13H16BrN3. The molecule has 0 atom stereocenters. The fraction of sp³-hybridized carbons (Fsp3) is 0.308. The summed E-state index contributed by atoms with van der Waals surface area (Å²) in [6.07, 6.45) is 2.06. The first-order valence-electron chi connectivity index (χ1n) is 5.72. The van der Waals surface area contributed by atoms with Gasteiger partial charge in [0.1, 0.15) is 5.82 Å². The first kappa shape index (κ1) is 12.3. The van der Waals surface area contributed by atoms with Crippen molar-refractivity contribution in [3.8, 4) is 0 Å². The number of hydrogen-bond donors (Lipinski definition) is 2. The van der Waals surface area contributed by atoms with E-state index in [1.165, 1.54) is 5.56 Å². The number of benzene rings is 1. The third kappa shape index (κ3) is 2.42. The molecule has 90 valence electrons. The molecule has 0 unspecified atom stereocenters. The molecule has 0 saturated heterocycles. The SMILES string of the molecule is CCCc1cc2cc(Br)cc(C)c2nc1NN. The highest BCUT2D eigenvalue weighted by Gasteiger charge is 2.07. The van der Waals surface area contributed by atoms with Crippen LogP contribution in [0.2, 0.25) is 0 Å². The van der Waals surface area contributed by atoms with Crippen LogP contribution in [0.4, 0.5) is 5.82 Å². The predicted octanol–water partition coefficient (Wildman–Crippen LogP) is 3.54. The maximum atomic E-state index is 5.53. The van der Waals surface area contributed by atoms with Crippen LogP contribution in [0.1, 0.15) is 24.5 Å². The lowest BCUT2D eigenvalue weighted by Crippen LogP contribution is -2.11. The maximum absolute atomic E-state index is 5.53. The third-order valence-corrected chi connectivity index (χ3v) is 3.27. The van der Waals surface area contributed by atoms with Crippen molar-refractivity contribution < 1.29 is 0 Å². The van der Waals surface area contributed by atoms with Gasteiger partial charge in [-0.1, -0.05) is 29.3 Å². The van der Waals surface area contributed by atoms with Crippen molar-refractivity contribution in [2.45, 2.75) is 26.7 Å². The first-order chi connectivity index (χ1) is 8.15. The molecule has 1 heterocycles. The molecule has 0 aliphatic heterocycles. The van der Waals surface area contributed by atoms with Gasteiger partial charge in [0.2, 0.25) is 0 Å². The molecule has 3 nitrogen and oxygen atoms in total. The van der Waals surface area contributed by atoms with Crippen molar-refractivity contribution in [1.29, 1.82) is 0 Å². The standard InChI is InChI=1S/C13H16BrN3/c1-3-4-9-6-10-7-11(14)5-8(2)12(10)16-13(9)17-15/h5-7H,3-4,15H2,1-2H3,(H,16,17). The number of nitrogen functional groups attached to an aromatic ring is 1. The number of rotatable bonds is 3. The van der Waals surface area contributed by atoms with Gasteiger partial charge in [-0.25, -0.2) is 10.8 Å². The second-order valence-corrected chi connectivity index (χ2v) is 5.10. The molecule has 0 fully saturated rings. The number of anilines is 1. The number of halogens is 1. The molecule has 0 spiro atoms. The van der Waals surface area contributed by atoms with Gasteiger partial charge in [0, 0.05) is 9.86 Å². The Balaban J connectivity index is 2.69. The van der Waals surface area contributed by atoms with Crippen LogP contribution in [0.15, 0.2) is 22.7 Å². The number of nitrogens with two attached hydrogens (primary N) is 1. The van der Waals surface area contributed by atoms with Crippen molar-refractivity contribution >= 4 is 32.7 Å². The van der Waals surface area contributed by atoms with E-state index in [9.17, 15) is 0 Å². The molecule has 3 N–H and O–H groups in total. The summed E-state index contributed by atoms with van der Waals surface area (Å²) >= 11 is 3.51. The number of fused-ring (bicyclic) bond motifs is 1. The van der Waals surface area contributed by atoms with E-state index in [1.54, 1.807) is 0 Å². The van der Waals surface area contributed by atoms with E-state index in [0.29, 0.717) is 0 Å². The third-order valence-electron chi connectivity index (χ3n) is 2.81. The summed E-state index contributed by atoms with van der Waals surface area (Å²) in [5.41, 5.74) is 6.01. The average Bonchev–Trinajstić information content (AvgIpc) is 2.28. The fourth-order valence-electron chi connectivity index (χ4n) is 2.05. The molecule has 0 bridgehead atoms. The number of nitrogens with one attached hydrogen (secondary N) is 1. The van der Waals surface area contributed by atoms with Crippen LogP contribution in [0.5, 0.6) is 0 Å². The van der Waals surface area contributed by atoms with Crippen LogP contribution in [0.3, 0.4) is 0 Å². The normalized spacial score (nSPS) is 10.8. The van der Waals surface area contributed by atoms with Gasteiger partial charge < -0.3 is 5.43 Å². The van der Waals surface area contributed by atoms with E-state index in [0.717, 1.165) is 39.6 Å². The summed E-state index contributed by atoms with van der Waals surface area (Å²) in [6.45, 7) is 4.20. The minimum absolute atomic E-state index is 0.782. The molecule has 17 heavy (non-hydrogen) atoms. The summed E-state index contributed by atoms with van der Waals surface area (Å²) in [6, 6.07) is 6.32. The molecule has 4 heteroatoms. The quantitative estimate of drug-likeness (QED) is 0.672. The van der Waals surface area contributed by atoms with Crippen LogP contribution in [0, 0.1) is 6.92 Å². The van der Waals surface area contributed by atoms with Crippen LogP contribution in [-0.4, -0.2) is 4.98 Å². The van der Waals surface area contributed by atoms with Crippen LogP contribution in [0.25, 0.3) is 10.9 Å². The number of aromatic nitrogens is 1. The average molecular weight is 294 g/mol. The molecule has 0 radical (unpaired) electrons. The van der Waals surface area contributed by atoms with Gasteiger partial charge in [-0.3, -0.25) is 0 Å². The molecular weight excluding hydrogens is 278 g/mol. The van der Waals surface area contributed by atoms with Gasteiger partial charge in [0.25, 0.3) is 0 Å². The second kappa shape index (κ2) is 5.02. The van der Waals surface area contributed by atoms with Gasteiger partial charge in [-0.2, -0.15) is 0 Å². The Morgan fingerprint density at radius 1 is 1.35 bits per heavy atom. The van der Waals surface area contributed by atoms with Crippen LogP contribution in [-0.2, 0) is 6.42 Å². The molecule has 1 aromatic carbocycles. The number of nitrogens with zero attached hydrogens (tertiary/aromatic N) is 1. The van der Waals surface area contributed by atoms with Crippen molar-refractivity contribution in [3.63, 3.8) is 0 Å². The molecule has 0 saturated carbocycles. The van der Waals surface area contributed by atoms with Gasteiger partial charge >= 0.3 is 0 Å². The van der Waals surface area contributed by atoms with E-state index in [1.807, 2.05) is 0 Å². The van der Waals surface area contributed by atoms with Crippen molar-refractivity contribution in [3.05, 3.63) is 33.8 Å².